The predicted octanol–water partition coefficient (Wildman–Crippen LogP) is 4.50. The van der Waals surface area contributed by atoms with E-state index in [0.717, 1.165) is 30.6 Å². The summed E-state index contributed by atoms with van der Waals surface area (Å²) in [5, 5.41) is 23.0. The second kappa shape index (κ2) is 5.35. The summed E-state index contributed by atoms with van der Waals surface area (Å²) in [6.45, 7) is 0. The lowest BCUT2D eigenvalue weighted by Crippen LogP contribution is -2.01. The van der Waals surface area contributed by atoms with Gasteiger partial charge in [0.2, 0.25) is 0 Å². The summed E-state index contributed by atoms with van der Waals surface area (Å²) in [6.07, 6.45) is 0. The molecule has 2 nitrogen and oxygen atoms in total. The third-order valence-electron chi connectivity index (χ3n) is 3.26. The molecule has 0 saturated carbocycles. The molecule has 0 bridgehead atoms. The molecular weight excluding hydrogens is 348 g/mol. The minimum Gasteiger partial charge on any atom is -0.192 e. The highest BCUT2D eigenvalue weighted by Crippen LogP contribution is 2.38. The number of nitrogens with zero attached hydrogens (tertiary/aromatic N) is 2. The first kappa shape index (κ1) is 13.7. The summed E-state index contributed by atoms with van der Waals surface area (Å²) in [6, 6.07) is 12.7. The van der Waals surface area contributed by atoms with E-state index >= 15 is 0 Å². The van der Waals surface area contributed by atoms with Crippen LogP contribution >= 0.6 is 45.0 Å². The van der Waals surface area contributed by atoms with E-state index in [9.17, 15) is 10.5 Å². The van der Waals surface area contributed by atoms with Gasteiger partial charge in [0.25, 0.3) is 0 Å². The van der Waals surface area contributed by atoms with Gasteiger partial charge in [-0.25, -0.2) is 0 Å². The van der Waals surface area contributed by atoms with Gasteiger partial charge in [-0.15, -0.1) is 45.0 Å². The topological polar surface area (TPSA) is 47.6 Å². The van der Waals surface area contributed by atoms with E-state index < -0.39 is 0 Å². The molecule has 3 aromatic rings. The van der Waals surface area contributed by atoms with Crippen LogP contribution in [-0.4, -0.2) is 9.73 Å². The third-order valence-corrected chi connectivity index (χ3v) is 7.55. The number of hydrogen-bond acceptors (Lipinski definition) is 5. The van der Waals surface area contributed by atoms with Crippen molar-refractivity contribution >= 4 is 54.7 Å². The lowest BCUT2D eigenvalue weighted by molar-refractivity contribution is 1.51. The van der Waals surface area contributed by atoms with Gasteiger partial charge in [0, 0.05) is 20.9 Å². The standard InChI is InChI=1S/C16H6N2S4/c17-7-11-13-14(12(8-18)21-11)16(10-4-2-6-20-10)22-15(13)9-3-1-5-19-9/h1-6H. The summed E-state index contributed by atoms with van der Waals surface area (Å²) in [7, 11) is 1.68. The second-order valence-corrected chi connectivity index (χ2v) is 8.39. The molecular formula is C16H6N2S4. The van der Waals surface area contributed by atoms with Gasteiger partial charge < -0.3 is 0 Å². The van der Waals surface area contributed by atoms with E-state index in [2.05, 4.69) is 24.3 Å². The van der Waals surface area contributed by atoms with Crippen molar-refractivity contribution in [3.63, 3.8) is 0 Å². The van der Waals surface area contributed by atoms with Crippen molar-refractivity contribution in [2.45, 2.75) is 0 Å². The smallest absolute Gasteiger partial charge is 0.115 e. The quantitative estimate of drug-likeness (QED) is 0.498. The summed E-state index contributed by atoms with van der Waals surface area (Å²) >= 11 is 4.62. The molecule has 6 heteroatoms. The predicted molar refractivity (Wildman–Crippen MR) is 96.4 cm³/mol. The van der Waals surface area contributed by atoms with Gasteiger partial charge in [0.1, 0.15) is 21.9 Å². The molecule has 1 aliphatic heterocycles. The minimum absolute atomic E-state index is 0.633. The van der Waals surface area contributed by atoms with Crippen molar-refractivity contribution < 1.29 is 0 Å². The molecule has 0 fully saturated rings. The van der Waals surface area contributed by atoms with Crippen LogP contribution in [0.15, 0.2) is 35.0 Å². The first-order chi connectivity index (χ1) is 10.8. The average Bonchev–Trinajstić information content (AvgIpc) is 3.29. The minimum atomic E-state index is 0.633. The monoisotopic (exact) mass is 354 g/mol. The van der Waals surface area contributed by atoms with Crippen LogP contribution in [0.2, 0.25) is 0 Å². The van der Waals surface area contributed by atoms with Crippen molar-refractivity contribution in [2.75, 3.05) is 0 Å². The van der Waals surface area contributed by atoms with Crippen LogP contribution < -0.4 is 0 Å². The molecule has 0 spiro atoms. The number of nitriles is 2. The molecule has 0 saturated heterocycles. The maximum Gasteiger partial charge on any atom is 0.115 e. The van der Waals surface area contributed by atoms with E-state index in [1.807, 2.05) is 22.9 Å². The fourth-order valence-electron chi connectivity index (χ4n) is 2.39. The Hall–Kier alpha value is -1.96. The van der Waals surface area contributed by atoms with Crippen molar-refractivity contribution in [1.82, 2.24) is 0 Å². The molecule has 3 aromatic heterocycles. The van der Waals surface area contributed by atoms with Gasteiger partial charge in [-0.05, 0) is 22.9 Å². The molecule has 0 aromatic carbocycles. The highest BCUT2D eigenvalue weighted by molar-refractivity contribution is 8.00. The highest BCUT2D eigenvalue weighted by Gasteiger charge is 2.30. The number of hydrogen-bond donors (Lipinski definition) is 0. The maximum atomic E-state index is 9.47. The summed E-state index contributed by atoms with van der Waals surface area (Å²) in [5.41, 5.74) is 1.89. The molecule has 0 radical (unpaired) electrons. The van der Waals surface area contributed by atoms with Crippen molar-refractivity contribution in [3.05, 3.63) is 65.7 Å². The Morgan fingerprint density at radius 1 is 0.773 bits per heavy atom. The largest absolute Gasteiger partial charge is 0.192 e. The van der Waals surface area contributed by atoms with Gasteiger partial charge in [-0.1, -0.05) is 12.1 Å². The summed E-state index contributed by atoms with van der Waals surface area (Å²) in [4.78, 5) is 5.77. The normalized spacial score (nSPS) is 12.6. The Morgan fingerprint density at radius 2 is 1.27 bits per heavy atom. The van der Waals surface area contributed by atoms with Crippen molar-refractivity contribution in [1.29, 1.82) is 10.5 Å². The van der Waals surface area contributed by atoms with E-state index in [4.69, 9.17) is 0 Å². The fraction of sp³-hybridized carbons (Fsp3) is 0. The zero-order valence-corrected chi connectivity index (χ0v) is 14.3. The Morgan fingerprint density at radius 3 is 1.64 bits per heavy atom. The number of rotatable bonds is 2. The number of thiophene rings is 3. The van der Waals surface area contributed by atoms with Gasteiger partial charge in [0.05, 0.1) is 9.73 Å². The fourth-order valence-corrected chi connectivity index (χ4v) is 6.46. The van der Waals surface area contributed by atoms with Gasteiger partial charge in [0.15, 0.2) is 0 Å². The second-order valence-electron chi connectivity index (χ2n) is 4.45. The SMILES string of the molecule is N#Cc1sc(C#N)c2c1C(c1cccs1)=S=C2c1cccs1. The summed E-state index contributed by atoms with van der Waals surface area (Å²) in [5.74, 6) is 0. The van der Waals surface area contributed by atoms with Crippen molar-refractivity contribution in [2.24, 2.45) is 0 Å². The third kappa shape index (κ3) is 1.93. The van der Waals surface area contributed by atoms with E-state index in [1.165, 1.54) is 11.3 Å². The van der Waals surface area contributed by atoms with Crippen LogP contribution in [0.3, 0.4) is 0 Å². The number of fused-ring (bicyclic) bond motifs is 1. The molecule has 0 aliphatic carbocycles. The first-order valence-corrected chi connectivity index (χ1v) is 9.70. The van der Waals surface area contributed by atoms with Crippen LogP contribution in [0.1, 0.15) is 30.6 Å². The zero-order valence-electron chi connectivity index (χ0n) is 11.0. The molecule has 1 aliphatic rings. The average molecular weight is 355 g/mol. The molecule has 4 heterocycles. The molecule has 0 atom stereocenters. The molecule has 22 heavy (non-hydrogen) atoms. The Bertz CT molecular complexity index is 937. The van der Waals surface area contributed by atoms with Gasteiger partial charge >= 0.3 is 0 Å². The van der Waals surface area contributed by atoms with E-state index in [-0.39, 0.29) is 0 Å². The Labute approximate surface area is 142 Å². The first-order valence-electron chi connectivity index (χ1n) is 6.30. The lowest BCUT2D eigenvalue weighted by atomic mass is 10.0. The Balaban J connectivity index is 2.08. The zero-order chi connectivity index (χ0) is 15.1. The van der Waals surface area contributed by atoms with Crippen LogP contribution in [0.4, 0.5) is 0 Å². The van der Waals surface area contributed by atoms with E-state index in [0.29, 0.717) is 9.75 Å². The van der Waals surface area contributed by atoms with Crippen molar-refractivity contribution in [3.8, 4) is 12.1 Å². The highest BCUT2D eigenvalue weighted by atomic mass is 32.1. The molecule has 0 N–H and O–H groups in total. The van der Waals surface area contributed by atoms with Crippen LogP contribution in [0.25, 0.3) is 0 Å². The van der Waals surface area contributed by atoms with Gasteiger partial charge in [-0.2, -0.15) is 10.5 Å². The van der Waals surface area contributed by atoms with E-state index in [1.54, 1.807) is 33.6 Å². The lowest BCUT2D eigenvalue weighted by Gasteiger charge is -2.00. The summed E-state index contributed by atoms with van der Waals surface area (Å²) < 4.78 is 0. The molecule has 0 amide bonds. The van der Waals surface area contributed by atoms with Crippen LogP contribution in [0, 0.1) is 22.7 Å². The van der Waals surface area contributed by atoms with Gasteiger partial charge in [-0.3, -0.25) is 0 Å². The van der Waals surface area contributed by atoms with Crippen LogP contribution in [-0.2, 0) is 0 Å². The molecule has 104 valence electrons. The van der Waals surface area contributed by atoms with Crippen LogP contribution in [0.5, 0.6) is 0 Å². The Kier molecular flexibility index (Phi) is 3.33. The maximum absolute atomic E-state index is 9.47. The molecule has 0 unspecified atom stereocenters. The molecule has 4 rings (SSSR count).